The van der Waals surface area contributed by atoms with Crippen LogP contribution in [0.15, 0.2) is 0 Å². The van der Waals surface area contributed by atoms with Gasteiger partial charge in [0.2, 0.25) is 0 Å². The van der Waals surface area contributed by atoms with Crippen molar-refractivity contribution in [3.63, 3.8) is 0 Å². The van der Waals surface area contributed by atoms with E-state index in [4.69, 9.17) is 0 Å². The van der Waals surface area contributed by atoms with Crippen LogP contribution in [0.5, 0.6) is 0 Å². The maximum Gasteiger partial charge on any atom is -0.0241 e. The van der Waals surface area contributed by atoms with Crippen molar-refractivity contribution < 1.29 is 0 Å². The number of hydrogen-bond acceptors (Lipinski definition) is 0. The fourth-order valence-electron chi connectivity index (χ4n) is 2.33. The molecule has 0 bridgehead atoms. The molecule has 0 aliphatic carbocycles. The number of hydrogen-bond donors (Lipinski definition) is 0. The second-order valence-corrected chi connectivity index (χ2v) is 5.12. The standard InChI is InChI=1S/C16H33/c1-4-7-9-11-14-16(13-6-3)15-12-10-8-5-2/h4-15H2,1-3H3. The zero-order valence-electron chi connectivity index (χ0n) is 12.0. The van der Waals surface area contributed by atoms with Gasteiger partial charge in [0.25, 0.3) is 0 Å². The summed E-state index contributed by atoms with van der Waals surface area (Å²) in [6.07, 6.45) is 16.9. The highest BCUT2D eigenvalue weighted by molar-refractivity contribution is 4.88. The van der Waals surface area contributed by atoms with Crippen molar-refractivity contribution >= 4 is 0 Å². The van der Waals surface area contributed by atoms with Crippen LogP contribution in [0.1, 0.15) is 97.8 Å². The van der Waals surface area contributed by atoms with Crippen molar-refractivity contribution in [1.29, 1.82) is 0 Å². The molecule has 0 rings (SSSR count). The van der Waals surface area contributed by atoms with Gasteiger partial charge in [-0.25, -0.2) is 0 Å². The Labute approximate surface area is 104 Å². The van der Waals surface area contributed by atoms with Gasteiger partial charge in [-0.05, 0) is 25.2 Å². The van der Waals surface area contributed by atoms with Crippen LogP contribution in [0.25, 0.3) is 0 Å². The number of rotatable bonds is 12. The van der Waals surface area contributed by atoms with Crippen molar-refractivity contribution in [2.24, 2.45) is 0 Å². The smallest absolute Gasteiger partial charge is 0.0241 e. The van der Waals surface area contributed by atoms with Gasteiger partial charge >= 0.3 is 0 Å². The molecule has 0 N–H and O–H groups in total. The monoisotopic (exact) mass is 225 g/mol. The molecule has 0 unspecified atom stereocenters. The molecule has 0 heterocycles. The van der Waals surface area contributed by atoms with Gasteiger partial charge in [0.05, 0.1) is 0 Å². The van der Waals surface area contributed by atoms with Gasteiger partial charge in [0.15, 0.2) is 0 Å². The molecule has 97 valence electrons. The third-order valence-corrected chi connectivity index (χ3v) is 3.37. The first kappa shape index (κ1) is 16.0. The molecule has 0 amide bonds. The highest BCUT2D eigenvalue weighted by atomic mass is 14.1. The van der Waals surface area contributed by atoms with Crippen LogP contribution in [0, 0.1) is 5.92 Å². The second-order valence-electron chi connectivity index (χ2n) is 5.12. The third kappa shape index (κ3) is 10.5. The van der Waals surface area contributed by atoms with E-state index in [0.29, 0.717) is 0 Å². The van der Waals surface area contributed by atoms with Gasteiger partial charge < -0.3 is 0 Å². The predicted octanol–water partition coefficient (Wildman–Crippen LogP) is 6.30. The normalized spacial score (nSPS) is 11.2. The molecule has 0 atom stereocenters. The molecule has 0 aliphatic rings. The fourth-order valence-corrected chi connectivity index (χ4v) is 2.33. The molecule has 0 saturated carbocycles. The second kappa shape index (κ2) is 13.1. The molecule has 0 nitrogen and oxygen atoms in total. The van der Waals surface area contributed by atoms with Gasteiger partial charge in [-0.15, -0.1) is 0 Å². The SMILES string of the molecule is CCCCCC[C](CCC)CCCCCC. The largest absolute Gasteiger partial charge is 0.0654 e. The summed E-state index contributed by atoms with van der Waals surface area (Å²) < 4.78 is 0. The summed E-state index contributed by atoms with van der Waals surface area (Å²) in [5, 5.41) is 0. The highest BCUT2D eigenvalue weighted by Gasteiger charge is 2.07. The van der Waals surface area contributed by atoms with E-state index in [2.05, 4.69) is 20.8 Å². The summed E-state index contributed by atoms with van der Waals surface area (Å²) in [5.41, 5.74) is 0. The van der Waals surface area contributed by atoms with Crippen LogP contribution < -0.4 is 0 Å². The topological polar surface area (TPSA) is 0 Å². The molecule has 0 aromatic rings. The molecule has 0 aromatic carbocycles. The van der Waals surface area contributed by atoms with Crippen molar-refractivity contribution in [1.82, 2.24) is 0 Å². The summed E-state index contributed by atoms with van der Waals surface area (Å²) in [4.78, 5) is 0. The minimum absolute atomic E-state index is 1.34. The van der Waals surface area contributed by atoms with Gasteiger partial charge in [-0.1, -0.05) is 78.6 Å². The van der Waals surface area contributed by atoms with E-state index in [0.717, 1.165) is 0 Å². The predicted molar refractivity (Wildman–Crippen MR) is 75.7 cm³/mol. The Kier molecular flexibility index (Phi) is 13.1. The van der Waals surface area contributed by atoms with E-state index >= 15 is 0 Å². The van der Waals surface area contributed by atoms with E-state index in [1.54, 1.807) is 0 Å². The first-order valence-corrected chi connectivity index (χ1v) is 7.68. The van der Waals surface area contributed by atoms with Crippen LogP contribution >= 0.6 is 0 Å². The van der Waals surface area contributed by atoms with Crippen LogP contribution in [-0.4, -0.2) is 0 Å². The molecule has 0 spiro atoms. The summed E-state index contributed by atoms with van der Waals surface area (Å²) in [5.74, 6) is 1.86. The third-order valence-electron chi connectivity index (χ3n) is 3.37. The van der Waals surface area contributed by atoms with Gasteiger partial charge in [-0.2, -0.15) is 0 Å². The van der Waals surface area contributed by atoms with Crippen LogP contribution in [0.2, 0.25) is 0 Å². The average molecular weight is 225 g/mol. The Hall–Kier alpha value is 0. The van der Waals surface area contributed by atoms with E-state index in [1.807, 2.05) is 5.92 Å². The van der Waals surface area contributed by atoms with Gasteiger partial charge in [0.1, 0.15) is 0 Å². The Bertz CT molecular complexity index is 105. The maximum atomic E-state index is 2.32. The molecule has 0 saturated heterocycles. The lowest BCUT2D eigenvalue weighted by Crippen LogP contribution is -1.98. The summed E-state index contributed by atoms with van der Waals surface area (Å²) in [6.45, 7) is 6.90. The molecule has 0 heteroatoms. The molecular formula is C16H33. The van der Waals surface area contributed by atoms with E-state index in [-0.39, 0.29) is 0 Å². The minimum atomic E-state index is 1.34. The fraction of sp³-hybridized carbons (Fsp3) is 0.938. The van der Waals surface area contributed by atoms with E-state index < -0.39 is 0 Å². The van der Waals surface area contributed by atoms with Crippen molar-refractivity contribution in [2.45, 2.75) is 97.8 Å². The zero-order chi connectivity index (χ0) is 12.1. The van der Waals surface area contributed by atoms with Crippen LogP contribution in [0.3, 0.4) is 0 Å². The Balaban J connectivity index is 3.45. The molecule has 0 aliphatic heterocycles. The van der Waals surface area contributed by atoms with Crippen molar-refractivity contribution in [3.05, 3.63) is 5.92 Å². The molecule has 0 fully saturated rings. The van der Waals surface area contributed by atoms with E-state index in [9.17, 15) is 0 Å². The minimum Gasteiger partial charge on any atom is -0.0654 e. The zero-order valence-corrected chi connectivity index (χ0v) is 12.0. The molecular weight excluding hydrogens is 192 g/mol. The Morgan fingerprint density at radius 1 is 0.500 bits per heavy atom. The average Bonchev–Trinajstić information content (AvgIpc) is 2.30. The van der Waals surface area contributed by atoms with Crippen molar-refractivity contribution in [2.75, 3.05) is 0 Å². The highest BCUT2D eigenvalue weighted by Crippen LogP contribution is 2.24. The molecule has 1 radical (unpaired) electrons. The first-order valence-electron chi connectivity index (χ1n) is 7.68. The first-order chi connectivity index (χ1) is 7.85. The van der Waals surface area contributed by atoms with Crippen LogP contribution in [0.4, 0.5) is 0 Å². The van der Waals surface area contributed by atoms with Gasteiger partial charge in [-0.3, -0.25) is 0 Å². The lowest BCUT2D eigenvalue weighted by molar-refractivity contribution is 0.547. The molecule has 16 heavy (non-hydrogen) atoms. The van der Waals surface area contributed by atoms with E-state index in [1.165, 1.54) is 77.0 Å². The maximum absolute atomic E-state index is 2.32. The molecule has 0 aromatic heterocycles. The lowest BCUT2D eigenvalue weighted by atomic mass is 9.91. The Morgan fingerprint density at radius 2 is 1.00 bits per heavy atom. The quantitative estimate of drug-likeness (QED) is 0.342. The Morgan fingerprint density at radius 3 is 1.38 bits per heavy atom. The number of unbranched alkanes of at least 4 members (excludes halogenated alkanes) is 6. The lowest BCUT2D eigenvalue weighted by Gasteiger charge is -2.15. The summed E-state index contributed by atoms with van der Waals surface area (Å²) in [7, 11) is 0. The summed E-state index contributed by atoms with van der Waals surface area (Å²) in [6, 6.07) is 0. The van der Waals surface area contributed by atoms with Gasteiger partial charge in [0, 0.05) is 0 Å². The van der Waals surface area contributed by atoms with Crippen molar-refractivity contribution in [3.8, 4) is 0 Å². The van der Waals surface area contributed by atoms with Crippen LogP contribution in [-0.2, 0) is 0 Å². The summed E-state index contributed by atoms with van der Waals surface area (Å²) >= 11 is 0.